The number of benzene rings is 2. The van der Waals surface area contributed by atoms with Gasteiger partial charge in [-0.2, -0.15) is 0 Å². The number of fused-ring (bicyclic) bond motifs is 2. The van der Waals surface area contributed by atoms with Gasteiger partial charge >= 0.3 is 0 Å². The Morgan fingerprint density at radius 2 is 1.36 bits per heavy atom. The Morgan fingerprint density at radius 3 is 2.04 bits per heavy atom. The molecule has 0 saturated carbocycles. The van der Waals surface area contributed by atoms with Gasteiger partial charge in [-0.3, -0.25) is 0 Å². The van der Waals surface area contributed by atoms with E-state index in [2.05, 4.69) is 66.8 Å². The van der Waals surface area contributed by atoms with Gasteiger partial charge in [-0.25, -0.2) is 9.97 Å². The van der Waals surface area contributed by atoms with Crippen molar-refractivity contribution in [1.82, 2.24) is 9.97 Å². The summed E-state index contributed by atoms with van der Waals surface area (Å²) < 4.78 is 0. The van der Waals surface area contributed by atoms with Crippen LogP contribution in [-0.2, 0) is 12.8 Å². The number of hydrogen-bond donors (Lipinski definition) is 0. The molecule has 2 heteroatoms. The van der Waals surface area contributed by atoms with E-state index in [1.807, 2.05) is 18.2 Å². The van der Waals surface area contributed by atoms with Gasteiger partial charge in [0.05, 0.1) is 22.1 Å². The first-order chi connectivity index (χ1) is 13.9. The normalized spacial score (nSPS) is 21.0. The number of allylic oxidation sites excluding steroid dienone is 8. The van der Waals surface area contributed by atoms with Gasteiger partial charge in [0, 0.05) is 0 Å². The first kappa shape index (κ1) is 17.1. The van der Waals surface area contributed by atoms with Gasteiger partial charge < -0.3 is 0 Å². The molecule has 2 nitrogen and oxygen atoms in total. The second kappa shape index (κ2) is 7.55. The molecule has 28 heavy (non-hydrogen) atoms. The van der Waals surface area contributed by atoms with Gasteiger partial charge in [0.2, 0.25) is 0 Å². The molecule has 0 radical (unpaired) electrons. The fourth-order valence-electron chi connectivity index (χ4n) is 4.31. The van der Waals surface area contributed by atoms with Crippen molar-refractivity contribution in [3.05, 3.63) is 96.1 Å². The fourth-order valence-corrected chi connectivity index (χ4v) is 4.31. The fraction of sp³-hybridized carbons (Fsp3) is 0.231. The van der Waals surface area contributed by atoms with E-state index in [1.165, 1.54) is 11.1 Å². The summed E-state index contributed by atoms with van der Waals surface area (Å²) in [6, 6.07) is 12.6. The van der Waals surface area contributed by atoms with Gasteiger partial charge in [0.1, 0.15) is 0 Å². The van der Waals surface area contributed by atoms with Crippen LogP contribution >= 0.6 is 0 Å². The molecular weight excluding hydrogens is 340 g/mol. The highest BCUT2D eigenvalue weighted by atomic mass is 14.8. The van der Waals surface area contributed by atoms with Crippen LogP contribution in [0.3, 0.4) is 0 Å². The maximum atomic E-state index is 5.06. The van der Waals surface area contributed by atoms with Gasteiger partial charge in [-0.1, -0.05) is 66.8 Å². The van der Waals surface area contributed by atoms with Crippen molar-refractivity contribution in [2.75, 3.05) is 0 Å². The summed E-state index contributed by atoms with van der Waals surface area (Å²) in [7, 11) is 0. The lowest BCUT2D eigenvalue weighted by atomic mass is 9.85. The molecule has 0 N–H and O–H groups in total. The van der Waals surface area contributed by atoms with E-state index in [-0.39, 0.29) is 0 Å². The lowest BCUT2D eigenvalue weighted by Gasteiger charge is -2.20. The third-order valence-electron chi connectivity index (χ3n) is 5.80. The van der Waals surface area contributed by atoms with Crippen LogP contribution in [0.1, 0.15) is 24.0 Å². The summed E-state index contributed by atoms with van der Waals surface area (Å²) in [4.78, 5) is 9.96. The summed E-state index contributed by atoms with van der Waals surface area (Å²) >= 11 is 0. The van der Waals surface area contributed by atoms with Crippen molar-refractivity contribution in [1.29, 1.82) is 0 Å². The standard InChI is InChI=1S/C26H24N2/c1-3-9-19(10-4-1)17-21-15-16-25-26(22(21)18-20-11-5-2-6-12-20)28-24-14-8-7-13-23(24)27-25/h1-9,11,13-16,19-20H,10,12,17-18H2. The Bertz CT molecular complexity index is 1130. The molecule has 5 rings (SSSR count). The second-order valence-corrected chi connectivity index (χ2v) is 7.81. The van der Waals surface area contributed by atoms with Crippen LogP contribution in [0.2, 0.25) is 0 Å². The maximum absolute atomic E-state index is 5.06. The van der Waals surface area contributed by atoms with Crippen molar-refractivity contribution < 1.29 is 0 Å². The molecule has 1 aromatic heterocycles. The van der Waals surface area contributed by atoms with E-state index in [4.69, 9.17) is 9.97 Å². The Kier molecular flexibility index (Phi) is 4.62. The zero-order valence-corrected chi connectivity index (χ0v) is 16.0. The topological polar surface area (TPSA) is 25.8 Å². The first-order valence-electron chi connectivity index (χ1n) is 10.2. The summed E-state index contributed by atoms with van der Waals surface area (Å²) in [5, 5.41) is 0. The summed E-state index contributed by atoms with van der Waals surface area (Å²) in [6.45, 7) is 0. The molecule has 0 amide bonds. The van der Waals surface area contributed by atoms with E-state index in [0.29, 0.717) is 11.8 Å². The predicted octanol–water partition coefficient (Wildman–Crippen LogP) is 6.13. The minimum absolute atomic E-state index is 0.532. The Morgan fingerprint density at radius 1 is 0.679 bits per heavy atom. The molecule has 2 aliphatic carbocycles. The number of nitrogens with zero attached hydrogens (tertiary/aromatic N) is 2. The molecular formula is C26H24N2. The molecule has 3 aromatic rings. The second-order valence-electron chi connectivity index (χ2n) is 7.81. The molecule has 0 spiro atoms. The van der Waals surface area contributed by atoms with E-state index < -0.39 is 0 Å². The van der Waals surface area contributed by atoms with E-state index in [9.17, 15) is 0 Å². The van der Waals surface area contributed by atoms with Crippen molar-refractivity contribution in [2.45, 2.75) is 25.7 Å². The monoisotopic (exact) mass is 364 g/mol. The molecule has 0 fully saturated rings. The number of hydrogen-bond acceptors (Lipinski definition) is 2. The largest absolute Gasteiger partial charge is 0.244 e. The van der Waals surface area contributed by atoms with Crippen molar-refractivity contribution in [3.63, 3.8) is 0 Å². The highest BCUT2D eigenvalue weighted by molar-refractivity contribution is 5.88. The quantitative estimate of drug-likeness (QED) is 0.520. The van der Waals surface area contributed by atoms with E-state index >= 15 is 0 Å². The van der Waals surface area contributed by atoms with Gasteiger partial charge in [0.25, 0.3) is 0 Å². The van der Waals surface area contributed by atoms with Gasteiger partial charge in [-0.05, 0) is 66.8 Å². The number of rotatable bonds is 4. The Balaban J connectivity index is 1.61. The van der Waals surface area contributed by atoms with Crippen molar-refractivity contribution >= 4 is 22.1 Å². The van der Waals surface area contributed by atoms with Crippen molar-refractivity contribution in [2.24, 2.45) is 11.8 Å². The van der Waals surface area contributed by atoms with Gasteiger partial charge in [-0.15, -0.1) is 0 Å². The van der Waals surface area contributed by atoms with Crippen molar-refractivity contribution in [3.8, 4) is 0 Å². The highest BCUT2D eigenvalue weighted by Crippen LogP contribution is 2.30. The maximum Gasteiger partial charge on any atom is 0.0929 e. The zero-order chi connectivity index (χ0) is 18.8. The van der Waals surface area contributed by atoms with Crippen LogP contribution in [0.4, 0.5) is 0 Å². The zero-order valence-electron chi connectivity index (χ0n) is 16.0. The number of aromatic nitrogens is 2. The lowest BCUT2D eigenvalue weighted by molar-refractivity contribution is 0.625. The van der Waals surface area contributed by atoms with Crippen LogP contribution < -0.4 is 0 Å². The molecule has 0 aliphatic heterocycles. The molecule has 138 valence electrons. The van der Waals surface area contributed by atoms with E-state index in [0.717, 1.165) is 47.8 Å². The number of para-hydroxylation sites is 2. The van der Waals surface area contributed by atoms with Crippen LogP contribution in [-0.4, -0.2) is 9.97 Å². The SMILES string of the molecule is C1=CCC(Cc2ccc3nc4ccccc4nc3c2CC2C=CC=CC2)C=C1. The third-order valence-corrected chi connectivity index (χ3v) is 5.80. The Hall–Kier alpha value is -3.00. The van der Waals surface area contributed by atoms with Crippen LogP contribution in [0, 0.1) is 11.8 Å². The molecule has 2 atom stereocenters. The molecule has 0 bridgehead atoms. The first-order valence-corrected chi connectivity index (χ1v) is 10.2. The predicted molar refractivity (Wildman–Crippen MR) is 117 cm³/mol. The average Bonchev–Trinajstić information content (AvgIpc) is 2.76. The smallest absolute Gasteiger partial charge is 0.0929 e. The minimum atomic E-state index is 0.532. The van der Waals surface area contributed by atoms with E-state index in [1.54, 1.807) is 0 Å². The molecule has 2 unspecified atom stereocenters. The van der Waals surface area contributed by atoms with Crippen LogP contribution in [0.5, 0.6) is 0 Å². The van der Waals surface area contributed by atoms with Crippen LogP contribution in [0.25, 0.3) is 22.1 Å². The molecule has 2 aliphatic rings. The minimum Gasteiger partial charge on any atom is -0.244 e. The summed E-state index contributed by atoms with van der Waals surface area (Å²) in [5.41, 5.74) is 6.83. The average molecular weight is 364 g/mol. The van der Waals surface area contributed by atoms with Gasteiger partial charge in [0.15, 0.2) is 0 Å². The molecule has 0 saturated heterocycles. The third kappa shape index (κ3) is 3.43. The lowest BCUT2D eigenvalue weighted by Crippen LogP contribution is -2.10. The highest BCUT2D eigenvalue weighted by Gasteiger charge is 2.18. The molecule has 2 aromatic carbocycles. The molecule has 1 heterocycles. The van der Waals surface area contributed by atoms with Crippen LogP contribution in [0.15, 0.2) is 85.0 Å². The summed E-state index contributed by atoms with van der Waals surface area (Å²) in [5.74, 6) is 1.10. The Labute approximate surface area is 166 Å². The summed E-state index contributed by atoms with van der Waals surface area (Å²) in [6.07, 6.45) is 22.2.